The van der Waals surface area contributed by atoms with Crippen molar-refractivity contribution in [1.82, 2.24) is 15.6 Å². The lowest BCUT2D eigenvalue weighted by Gasteiger charge is -2.44. The van der Waals surface area contributed by atoms with E-state index in [1.165, 1.54) is 6.20 Å². The summed E-state index contributed by atoms with van der Waals surface area (Å²) in [4.78, 5) is 28.6. The van der Waals surface area contributed by atoms with Gasteiger partial charge in [-0.05, 0) is 18.2 Å². The van der Waals surface area contributed by atoms with Crippen LogP contribution in [0.5, 0.6) is 5.75 Å². The van der Waals surface area contributed by atoms with Crippen molar-refractivity contribution in [3.8, 4) is 5.75 Å². The van der Waals surface area contributed by atoms with E-state index >= 15 is 0 Å². The van der Waals surface area contributed by atoms with Crippen LogP contribution in [0.3, 0.4) is 0 Å². The normalized spacial score (nSPS) is 19.7. The highest BCUT2D eigenvalue weighted by Gasteiger charge is 2.42. The Morgan fingerprint density at radius 1 is 1.14 bits per heavy atom. The molecule has 1 fully saturated rings. The van der Waals surface area contributed by atoms with E-state index in [-0.39, 0.29) is 36.4 Å². The van der Waals surface area contributed by atoms with Gasteiger partial charge in [-0.1, -0.05) is 18.2 Å². The molecule has 0 bridgehead atoms. The topological polar surface area (TPSA) is 89.6 Å². The van der Waals surface area contributed by atoms with E-state index in [1.807, 2.05) is 24.3 Å². The zero-order chi connectivity index (χ0) is 20.1. The zero-order valence-corrected chi connectivity index (χ0v) is 16.2. The minimum Gasteiger partial charge on any atom is -0.487 e. The molecule has 2 aliphatic rings. The predicted molar refractivity (Wildman–Crippen MR) is 107 cm³/mol. The number of carbonyl (C=O) groups is 2. The van der Waals surface area contributed by atoms with Crippen molar-refractivity contribution in [2.75, 3.05) is 19.8 Å². The van der Waals surface area contributed by atoms with Gasteiger partial charge in [0, 0.05) is 50.2 Å². The van der Waals surface area contributed by atoms with Crippen LogP contribution in [0.2, 0.25) is 0 Å². The number of nitrogens with zero attached hydrogens (tertiary/aromatic N) is 1. The first-order valence-electron chi connectivity index (χ1n) is 9.98. The Morgan fingerprint density at radius 2 is 1.97 bits per heavy atom. The van der Waals surface area contributed by atoms with Crippen molar-refractivity contribution in [2.45, 2.75) is 37.3 Å². The molecule has 152 valence electrons. The molecule has 2 aliphatic heterocycles. The third-order valence-electron chi connectivity index (χ3n) is 5.50. The van der Waals surface area contributed by atoms with E-state index in [2.05, 4.69) is 15.6 Å². The van der Waals surface area contributed by atoms with Crippen LogP contribution in [0.15, 0.2) is 48.8 Å². The fourth-order valence-electron chi connectivity index (χ4n) is 3.95. The van der Waals surface area contributed by atoms with Gasteiger partial charge in [-0.3, -0.25) is 14.6 Å². The summed E-state index contributed by atoms with van der Waals surface area (Å²) in [5, 5.41) is 5.90. The molecule has 1 atom stereocenters. The number of nitrogens with one attached hydrogen (secondary N) is 2. The van der Waals surface area contributed by atoms with Gasteiger partial charge in [0.25, 0.3) is 5.91 Å². The summed E-state index contributed by atoms with van der Waals surface area (Å²) in [6, 6.07) is 11.1. The van der Waals surface area contributed by atoms with Crippen LogP contribution < -0.4 is 15.4 Å². The number of hydrogen-bond donors (Lipinski definition) is 2. The molecule has 2 N–H and O–H groups in total. The number of benzene rings is 1. The summed E-state index contributed by atoms with van der Waals surface area (Å²) >= 11 is 0. The van der Waals surface area contributed by atoms with Gasteiger partial charge in [0.05, 0.1) is 24.8 Å². The third kappa shape index (κ3) is 4.56. The summed E-state index contributed by atoms with van der Waals surface area (Å²) in [6.07, 6.45) is 5.68. The fourth-order valence-corrected chi connectivity index (χ4v) is 3.95. The maximum absolute atomic E-state index is 12.6. The van der Waals surface area contributed by atoms with Crippen molar-refractivity contribution < 1.29 is 19.1 Å². The lowest BCUT2D eigenvalue weighted by atomic mass is 9.82. The van der Waals surface area contributed by atoms with Crippen molar-refractivity contribution in [3.63, 3.8) is 0 Å². The molecule has 1 saturated heterocycles. The molecule has 1 aromatic carbocycles. The summed E-state index contributed by atoms with van der Waals surface area (Å²) in [6.45, 7) is 1.61. The van der Waals surface area contributed by atoms with Crippen LogP contribution in [0.25, 0.3) is 0 Å². The molecule has 4 rings (SSSR count). The van der Waals surface area contributed by atoms with Gasteiger partial charge in [-0.2, -0.15) is 0 Å². The molecule has 1 aromatic heterocycles. The minimum atomic E-state index is -0.293. The monoisotopic (exact) mass is 395 g/mol. The van der Waals surface area contributed by atoms with Crippen LogP contribution in [-0.2, 0) is 9.53 Å². The summed E-state index contributed by atoms with van der Waals surface area (Å²) in [7, 11) is 0. The second kappa shape index (κ2) is 8.61. The molecule has 1 spiro atoms. The number of hydrogen-bond acceptors (Lipinski definition) is 5. The highest BCUT2D eigenvalue weighted by atomic mass is 16.5. The fraction of sp³-hybridized carbons (Fsp3) is 0.409. The standard InChI is InChI=1S/C22H25N3O4/c26-20(7-11-24-21(27)16-4-3-10-23-15-16)25-18-14-22(8-12-28-13-9-22)29-19-6-2-1-5-17(18)19/h1-6,10,15,18H,7-9,11-14H2,(H,24,27)(H,25,26). The van der Waals surface area contributed by atoms with E-state index < -0.39 is 0 Å². The molecule has 1 unspecified atom stereocenters. The number of fused-ring (bicyclic) bond motifs is 1. The quantitative estimate of drug-likeness (QED) is 0.811. The Bertz CT molecular complexity index is 865. The maximum Gasteiger partial charge on any atom is 0.252 e. The lowest BCUT2D eigenvalue weighted by Crippen LogP contribution is -2.48. The molecule has 2 amide bonds. The van der Waals surface area contributed by atoms with Gasteiger partial charge in [-0.25, -0.2) is 0 Å². The average Bonchev–Trinajstić information content (AvgIpc) is 2.75. The van der Waals surface area contributed by atoms with E-state index in [4.69, 9.17) is 9.47 Å². The molecular formula is C22H25N3O4. The smallest absolute Gasteiger partial charge is 0.252 e. The van der Waals surface area contributed by atoms with Crippen LogP contribution in [0, 0.1) is 0 Å². The molecular weight excluding hydrogens is 370 g/mol. The molecule has 0 saturated carbocycles. The first kappa shape index (κ1) is 19.4. The van der Waals surface area contributed by atoms with Gasteiger partial charge in [0.1, 0.15) is 11.4 Å². The zero-order valence-electron chi connectivity index (χ0n) is 16.2. The minimum absolute atomic E-state index is 0.0969. The Morgan fingerprint density at radius 3 is 2.76 bits per heavy atom. The highest BCUT2D eigenvalue weighted by Crippen LogP contribution is 2.43. The third-order valence-corrected chi connectivity index (χ3v) is 5.50. The largest absolute Gasteiger partial charge is 0.487 e. The number of para-hydroxylation sites is 1. The number of ether oxygens (including phenoxy) is 2. The summed E-state index contributed by atoms with van der Waals surface area (Å²) in [5.74, 6) is 0.500. The Balaban J connectivity index is 1.36. The predicted octanol–water partition coefficient (Wildman–Crippen LogP) is 2.39. The first-order valence-corrected chi connectivity index (χ1v) is 9.98. The van der Waals surface area contributed by atoms with Crippen LogP contribution in [-0.4, -0.2) is 42.2 Å². The molecule has 0 radical (unpaired) electrons. The van der Waals surface area contributed by atoms with Gasteiger partial charge in [0.15, 0.2) is 0 Å². The molecule has 7 nitrogen and oxygen atoms in total. The number of aromatic nitrogens is 1. The Kier molecular flexibility index (Phi) is 5.76. The summed E-state index contributed by atoms with van der Waals surface area (Å²) in [5.41, 5.74) is 1.18. The van der Waals surface area contributed by atoms with Crippen molar-refractivity contribution in [1.29, 1.82) is 0 Å². The van der Waals surface area contributed by atoms with Crippen LogP contribution >= 0.6 is 0 Å². The number of amides is 2. The first-order chi connectivity index (χ1) is 14.2. The average molecular weight is 395 g/mol. The maximum atomic E-state index is 12.6. The van der Waals surface area contributed by atoms with Crippen molar-refractivity contribution in [3.05, 3.63) is 59.9 Å². The molecule has 3 heterocycles. The Labute approximate surface area is 169 Å². The van der Waals surface area contributed by atoms with E-state index in [0.29, 0.717) is 18.8 Å². The second-order valence-corrected chi connectivity index (χ2v) is 7.51. The van der Waals surface area contributed by atoms with Gasteiger partial charge < -0.3 is 20.1 Å². The molecule has 29 heavy (non-hydrogen) atoms. The van der Waals surface area contributed by atoms with Gasteiger partial charge in [-0.15, -0.1) is 0 Å². The molecule has 7 heteroatoms. The SMILES string of the molecule is O=C(CCNC(=O)c1cccnc1)NC1CC2(CCOCC2)Oc2ccccc21. The summed E-state index contributed by atoms with van der Waals surface area (Å²) < 4.78 is 11.8. The van der Waals surface area contributed by atoms with E-state index in [1.54, 1.807) is 18.3 Å². The van der Waals surface area contributed by atoms with E-state index in [9.17, 15) is 9.59 Å². The Hall–Kier alpha value is -2.93. The van der Waals surface area contributed by atoms with E-state index in [0.717, 1.165) is 30.6 Å². The number of pyridine rings is 1. The van der Waals surface area contributed by atoms with Crippen LogP contribution in [0.4, 0.5) is 0 Å². The second-order valence-electron chi connectivity index (χ2n) is 7.51. The number of rotatable bonds is 5. The molecule has 0 aliphatic carbocycles. The highest BCUT2D eigenvalue weighted by molar-refractivity contribution is 5.94. The van der Waals surface area contributed by atoms with Crippen molar-refractivity contribution >= 4 is 11.8 Å². The van der Waals surface area contributed by atoms with Gasteiger partial charge >= 0.3 is 0 Å². The number of carbonyl (C=O) groups excluding carboxylic acids is 2. The molecule has 2 aromatic rings. The lowest BCUT2D eigenvalue weighted by molar-refractivity contribution is -0.123. The van der Waals surface area contributed by atoms with Gasteiger partial charge in [0.2, 0.25) is 5.91 Å². The van der Waals surface area contributed by atoms with Crippen molar-refractivity contribution in [2.24, 2.45) is 0 Å². The van der Waals surface area contributed by atoms with Crippen LogP contribution in [0.1, 0.15) is 47.6 Å².